The van der Waals surface area contributed by atoms with Crippen LogP contribution < -0.4 is 5.32 Å². The summed E-state index contributed by atoms with van der Waals surface area (Å²) >= 11 is 0. The normalized spacial score (nSPS) is 17.9. The van der Waals surface area contributed by atoms with E-state index in [0.29, 0.717) is 0 Å². The van der Waals surface area contributed by atoms with Crippen LogP contribution in [0, 0.1) is 0 Å². The highest BCUT2D eigenvalue weighted by Gasteiger charge is 2.39. The molecular formula is C12H21F3N2O2. The first-order valence-electron chi connectivity index (χ1n) is 6.37. The lowest BCUT2D eigenvalue weighted by atomic mass is 10.2. The van der Waals surface area contributed by atoms with E-state index in [2.05, 4.69) is 10.1 Å². The summed E-state index contributed by atoms with van der Waals surface area (Å²) in [6.45, 7) is 2.71. The maximum Gasteiger partial charge on any atom is 0.401 e. The number of hydrogen-bond donors (Lipinski definition) is 1. The van der Waals surface area contributed by atoms with Gasteiger partial charge in [0.15, 0.2) is 0 Å². The zero-order valence-corrected chi connectivity index (χ0v) is 11.5. The second-order valence-electron chi connectivity index (χ2n) is 5.17. The molecule has 1 aliphatic rings. The molecule has 7 heteroatoms. The van der Waals surface area contributed by atoms with Gasteiger partial charge < -0.3 is 10.1 Å². The van der Waals surface area contributed by atoms with Crippen LogP contribution >= 0.6 is 0 Å². The van der Waals surface area contributed by atoms with E-state index in [1.807, 2.05) is 13.8 Å². The third-order valence-electron chi connectivity index (χ3n) is 2.88. The van der Waals surface area contributed by atoms with E-state index in [-0.39, 0.29) is 18.6 Å². The van der Waals surface area contributed by atoms with Crippen molar-refractivity contribution >= 4 is 5.97 Å². The molecule has 1 rings (SSSR count). The summed E-state index contributed by atoms with van der Waals surface area (Å²) < 4.78 is 42.2. The van der Waals surface area contributed by atoms with Crippen molar-refractivity contribution in [2.75, 3.05) is 20.2 Å². The summed E-state index contributed by atoms with van der Waals surface area (Å²) in [4.78, 5) is 12.9. The number of nitrogens with one attached hydrogen (secondary N) is 1. The Bertz CT molecular complexity index is 304. The molecule has 0 bridgehead atoms. The van der Waals surface area contributed by atoms with Crippen molar-refractivity contribution in [3.8, 4) is 0 Å². The average molecular weight is 282 g/mol. The third-order valence-corrected chi connectivity index (χ3v) is 2.88. The molecule has 0 heterocycles. The number of rotatable bonds is 7. The number of esters is 1. The number of carbonyl (C=O) groups excluding carboxylic acids is 1. The van der Waals surface area contributed by atoms with E-state index in [0.717, 1.165) is 12.8 Å². The second kappa shape index (κ2) is 6.56. The largest absolute Gasteiger partial charge is 0.468 e. The van der Waals surface area contributed by atoms with Gasteiger partial charge in [-0.2, -0.15) is 13.2 Å². The van der Waals surface area contributed by atoms with Crippen LogP contribution in [0.25, 0.3) is 0 Å². The summed E-state index contributed by atoms with van der Waals surface area (Å²) in [5, 5.41) is 2.95. The molecule has 4 nitrogen and oxygen atoms in total. The molecule has 0 spiro atoms. The Morgan fingerprint density at radius 1 is 1.42 bits per heavy atom. The van der Waals surface area contributed by atoms with Crippen molar-refractivity contribution in [3.63, 3.8) is 0 Å². The highest BCUT2D eigenvalue weighted by atomic mass is 19.4. The SMILES string of the molecule is COC(=O)C(CN(CC(F)(F)F)C1CC1)NC(C)C. The van der Waals surface area contributed by atoms with Gasteiger partial charge >= 0.3 is 12.1 Å². The lowest BCUT2D eigenvalue weighted by Gasteiger charge is -2.28. The van der Waals surface area contributed by atoms with Gasteiger partial charge in [-0.05, 0) is 12.8 Å². The summed E-state index contributed by atoms with van der Waals surface area (Å²) in [7, 11) is 1.24. The van der Waals surface area contributed by atoms with E-state index >= 15 is 0 Å². The molecular weight excluding hydrogens is 261 g/mol. The number of carbonyl (C=O) groups is 1. The number of ether oxygens (including phenoxy) is 1. The van der Waals surface area contributed by atoms with E-state index in [9.17, 15) is 18.0 Å². The monoisotopic (exact) mass is 282 g/mol. The van der Waals surface area contributed by atoms with Crippen molar-refractivity contribution in [2.45, 2.75) is 51.0 Å². The van der Waals surface area contributed by atoms with Crippen molar-refractivity contribution in [1.82, 2.24) is 10.2 Å². The Morgan fingerprint density at radius 3 is 2.37 bits per heavy atom. The third kappa shape index (κ3) is 6.24. The summed E-state index contributed by atoms with van der Waals surface area (Å²) in [5.41, 5.74) is 0. The number of halogens is 3. The van der Waals surface area contributed by atoms with Crippen LogP contribution in [-0.4, -0.2) is 55.4 Å². The average Bonchev–Trinajstić information content (AvgIpc) is 3.07. The van der Waals surface area contributed by atoms with Crippen LogP contribution in [0.1, 0.15) is 26.7 Å². The maximum atomic E-state index is 12.5. The number of nitrogens with zero attached hydrogens (tertiary/aromatic N) is 1. The van der Waals surface area contributed by atoms with Crippen molar-refractivity contribution in [2.24, 2.45) is 0 Å². The predicted molar refractivity (Wildman–Crippen MR) is 64.7 cm³/mol. The van der Waals surface area contributed by atoms with Crippen LogP contribution in [0.15, 0.2) is 0 Å². The van der Waals surface area contributed by atoms with Crippen molar-refractivity contribution < 1.29 is 22.7 Å². The first-order chi connectivity index (χ1) is 8.73. The maximum absolute atomic E-state index is 12.5. The van der Waals surface area contributed by atoms with E-state index in [1.165, 1.54) is 12.0 Å². The first kappa shape index (κ1) is 16.2. The van der Waals surface area contributed by atoms with E-state index < -0.39 is 24.7 Å². The van der Waals surface area contributed by atoms with Crippen molar-refractivity contribution in [3.05, 3.63) is 0 Å². The molecule has 0 aromatic rings. The Hall–Kier alpha value is -0.820. The fraction of sp³-hybridized carbons (Fsp3) is 0.917. The van der Waals surface area contributed by atoms with Crippen LogP contribution in [0.5, 0.6) is 0 Å². The molecule has 1 fully saturated rings. The molecule has 0 aromatic heterocycles. The molecule has 1 atom stereocenters. The lowest BCUT2D eigenvalue weighted by molar-refractivity contribution is -0.154. The molecule has 0 amide bonds. The Labute approximate surface area is 111 Å². The number of methoxy groups -OCH3 is 1. The quantitative estimate of drug-likeness (QED) is 0.719. The standard InChI is InChI=1S/C12H21F3N2O2/c1-8(2)16-10(11(18)19-3)6-17(9-4-5-9)7-12(13,14)15/h8-10,16H,4-7H2,1-3H3. The minimum absolute atomic E-state index is 0.00367. The molecule has 0 saturated heterocycles. The Morgan fingerprint density at radius 2 is 2.00 bits per heavy atom. The number of alkyl halides is 3. The van der Waals surface area contributed by atoms with Crippen LogP contribution in [0.3, 0.4) is 0 Å². The van der Waals surface area contributed by atoms with Gasteiger partial charge in [0.2, 0.25) is 0 Å². The first-order valence-corrected chi connectivity index (χ1v) is 6.37. The van der Waals surface area contributed by atoms with E-state index in [4.69, 9.17) is 0 Å². The van der Waals surface area contributed by atoms with Gasteiger partial charge in [-0.25, -0.2) is 0 Å². The molecule has 0 radical (unpaired) electrons. The molecule has 0 aromatic carbocycles. The molecule has 1 aliphatic carbocycles. The zero-order valence-electron chi connectivity index (χ0n) is 11.5. The Kier molecular flexibility index (Phi) is 5.61. The summed E-state index contributed by atoms with van der Waals surface area (Å²) in [5.74, 6) is -0.526. The van der Waals surface area contributed by atoms with Crippen molar-refractivity contribution in [1.29, 1.82) is 0 Å². The molecule has 1 saturated carbocycles. The predicted octanol–water partition coefficient (Wildman–Crippen LogP) is 1.55. The lowest BCUT2D eigenvalue weighted by Crippen LogP contribution is -2.51. The van der Waals surface area contributed by atoms with Gasteiger partial charge in [0.25, 0.3) is 0 Å². The number of hydrogen-bond acceptors (Lipinski definition) is 4. The summed E-state index contributed by atoms with van der Waals surface area (Å²) in [6.07, 6.45) is -2.74. The second-order valence-corrected chi connectivity index (χ2v) is 5.17. The molecule has 0 aliphatic heterocycles. The molecule has 1 N–H and O–H groups in total. The van der Waals surface area contributed by atoms with Gasteiger partial charge in [-0.3, -0.25) is 9.69 Å². The van der Waals surface area contributed by atoms with Gasteiger partial charge in [-0.15, -0.1) is 0 Å². The topological polar surface area (TPSA) is 41.6 Å². The van der Waals surface area contributed by atoms with Crippen LogP contribution in [0.2, 0.25) is 0 Å². The summed E-state index contributed by atoms with van der Waals surface area (Å²) in [6, 6.07) is -0.799. The minimum atomic E-state index is -4.25. The molecule has 112 valence electrons. The minimum Gasteiger partial charge on any atom is -0.468 e. The van der Waals surface area contributed by atoms with Gasteiger partial charge in [-0.1, -0.05) is 13.8 Å². The van der Waals surface area contributed by atoms with Crippen LogP contribution in [-0.2, 0) is 9.53 Å². The Balaban J connectivity index is 2.64. The van der Waals surface area contributed by atoms with E-state index in [1.54, 1.807) is 0 Å². The smallest absolute Gasteiger partial charge is 0.401 e. The molecule has 19 heavy (non-hydrogen) atoms. The zero-order chi connectivity index (χ0) is 14.6. The van der Waals surface area contributed by atoms with Gasteiger partial charge in [0, 0.05) is 18.6 Å². The fourth-order valence-electron chi connectivity index (χ4n) is 1.99. The van der Waals surface area contributed by atoms with Gasteiger partial charge in [0.05, 0.1) is 13.7 Å². The van der Waals surface area contributed by atoms with Crippen LogP contribution in [0.4, 0.5) is 13.2 Å². The highest BCUT2D eigenvalue weighted by molar-refractivity contribution is 5.76. The fourth-order valence-corrected chi connectivity index (χ4v) is 1.99. The highest BCUT2D eigenvalue weighted by Crippen LogP contribution is 2.30. The molecule has 1 unspecified atom stereocenters. The van der Waals surface area contributed by atoms with Gasteiger partial charge in [0.1, 0.15) is 6.04 Å².